The van der Waals surface area contributed by atoms with E-state index >= 15 is 0 Å². The van der Waals surface area contributed by atoms with E-state index in [4.69, 9.17) is 10.3 Å². The number of nitrogens with one attached hydrogen (secondary N) is 1. The van der Waals surface area contributed by atoms with Crippen molar-refractivity contribution in [2.75, 3.05) is 11.1 Å². The van der Waals surface area contributed by atoms with Crippen molar-refractivity contribution in [1.29, 1.82) is 0 Å². The summed E-state index contributed by atoms with van der Waals surface area (Å²) in [5.74, 6) is 0.802. The minimum Gasteiger partial charge on any atom is -0.398 e. The first-order valence-corrected chi connectivity index (χ1v) is 6.02. The van der Waals surface area contributed by atoms with Crippen LogP contribution in [0.3, 0.4) is 0 Å². The lowest BCUT2D eigenvalue weighted by Gasteiger charge is -2.09. The number of hydrogen-bond acceptors (Lipinski definition) is 5. The Balaban J connectivity index is 1.91. The SMILES string of the molecule is Cc1cc(CNc2ccc(N)c3cnccc23)on1. The van der Waals surface area contributed by atoms with Crippen LogP contribution < -0.4 is 11.1 Å². The molecule has 0 fully saturated rings. The Bertz CT molecular complexity index is 720. The standard InChI is InChI=1S/C14H14N4O/c1-9-6-10(19-18-9)7-17-14-3-2-13(15)12-8-16-5-4-11(12)14/h2-6,8,17H,7,15H2,1H3. The first-order valence-electron chi connectivity index (χ1n) is 6.02. The van der Waals surface area contributed by atoms with Gasteiger partial charge in [-0.25, -0.2) is 0 Å². The summed E-state index contributed by atoms with van der Waals surface area (Å²) in [7, 11) is 0. The van der Waals surface area contributed by atoms with Gasteiger partial charge in [0.2, 0.25) is 0 Å². The number of hydrogen-bond donors (Lipinski definition) is 2. The minimum atomic E-state index is 0.585. The zero-order valence-corrected chi connectivity index (χ0v) is 10.6. The van der Waals surface area contributed by atoms with E-state index in [9.17, 15) is 0 Å². The highest BCUT2D eigenvalue weighted by molar-refractivity contribution is 6.00. The van der Waals surface area contributed by atoms with Gasteiger partial charge in [0.1, 0.15) is 0 Å². The van der Waals surface area contributed by atoms with E-state index in [1.807, 2.05) is 31.2 Å². The number of anilines is 2. The predicted molar refractivity (Wildman–Crippen MR) is 74.7 cm³/mol. The molecule has 2 heterocycles. The average Bonchev–Trinajstić information content (AvgIpc) is 2.84. The number of aryl methyl sites for hydroxylation is 1. The average molecular weight is 254 g/mol. The molecule has 0 aliphatic heterocycles. The second-order valence-electron chi connectivity index (χ2n) is 4.41. The lowest BCUT2D eigenvalue weighted by Crippen LogP contribution is -2.00. The summed E-state index contributed by atoms with van der Waals surface area (Å²) in [4.78, 5) is 4.10. The highest BCUT2D eigenvalue weighted by Crippen LogP contribution is 2.27. The second kappa shape index (κ2) is 4.61. The van der Waals surface area contributed by atoms with Crippen molar-refractivity contribution >= 4 is 22.1 Å². The Morgan fingerprint density at radius 3 is 2.95 bits per heavy atom. The van der Waals surface area contributed by atoms with Crippen molar-refractivity contribution in [2.45, 2.75) is 13.5 Å². The van der Waals surface area contributed by atoms with Crippen LogP contribution in [0.1, 0.15) is 11.5 Å². The highest BCUT2D eigenvalue weighted by atomic mass is 16.5. The molecule has 2 aromatic heterocycles. The van der Waals surface area contributed by atoms with E-state index in [1.54, 1.807) is 12.4 Å². The molecule has 3 N–H and O–H groups in total. The molecule has 0 saturated heterocycles. The predicted octanol–water partition coefficient (Wildman–Crippen LogP) is 2.73. The molecular formula is C14H14N4O. The molecule has 5 nitrogen and oxygen atoms in total. The van der Waals surface area contributed by atoms with Gasteiger partial charge in [-0.2, -0.15) is 0 Å². The second-order valence-corrected chi connectivity index (χ2v) is 4.41. The smallest absolute Gasteiger partial charge is 0.156 e. The summed E-state index contributed by atoms with van der Waals surface area (Å²) in [5, 5.41) is 9.18. The fraction of sp³-hybridized carbons (Fsp3) is 0.143. The molecule has 0 aliphatic carbocycles. The summed E-state index contributed by atoms with van der Waals surface area (Å²) >= 11 is 0. The van der Waals surface area contributed by atoms with Crippen LogP contribution >= 0.6 is 0 Å². The summed E-state index contributed by atoms with van der Waals surface area (Å²) in [5.41, 5.74) is 8.54. The number of fused-ring (bicyclic) bond motifs is 1. The third kappa shape index (κ3) is 2.22. The number of nitrogens with zero attached hydrogens (tertiary/aromatic N) is 2. The number of aromatic nitrogens is 2. The minimum absolute atomic E-state index is 0.585. The van der Waals surface area contributed by atoms with Crippen molar-refractivity contribution < 1.29 is 4.52 Å². The molecule has 0 bridgehead atoms. The van der Waals surface area contributed by atoms with Crippen molar-refractivity contribution in [3.63, 3.8) is 0 Å². The van der Waals surface area contributed by atoms with E-state index < -0.39 is 0 Å². The Hall–Kier alpha value is -2.56. The lowest BCUT2D eigenvalue weighted by molar-refractivity contribution is 0.384. The molecule has 1 aromatic carbocycles. The van der Waals surface area contributed by atoms with Crippen molar-refractivity contribution in [2.24, 2.45) is 0 Å². The fourth-order valence-electron chi connectivity index (χ4n) is 2.05. The first kappa shape index (κ1) is 11.5. The molecule has 0 amide bonds. The van der Waals surface area contributed by atoms with E-state index in [2.05, 4.69) is 15.5 Å². The van der Waals surface area contributed by atoms with Gasteiger partial charge >= 0.3 is 0 Å². The van der Waals surface area contributed by atoms with Gasteiger partial charge in [-0.05, 0) is 25.1 Å². The van der Waals surface area contributed by atoms with E-state index in [1.165, 1.54) is 0 Å². The van der Waals surface area contributed by atoms with Gasteiger partial charge in [0.05, 0.1) is 12.2 Å². The van der Waals surface area contributed by atoms with E-state index in [-0.39, 0.29) is 0 Å². The molecular weight excluding hydrogens is 240 g/mol. The number of nitrogens with two attached hydrogens (primary N) is 1. The van der Waals surface area contributed by atoms with Gasteiger partial charge in [-0.15, -0.1) is 0 Å². The van der Waals surface area contributed by atoms with Crippen LogP contribution in [0.5, 0.6) is 0 Å². The van der Waals surface area contributed by atoms with Gasteiger partial charge < -0.3 is 15.6 Å². The van der Waals surface area contributed by atoms with Crippen LogP contribution in [-0.2, 0) is 6.54 Å². The van der Waals surface area contributed by atoms with Crippen LogP contribution in [0.15, 0.2) is 41.2 Å². The molecule has 0 saturated carbocycles. The van der Waals surface area contributed by atoms with Crippen LogP contribution in [-0.4, -0.2) is 10.1 Å². The number of rotatable bonds is 3. The van der Waals surface area contributed by atoms with Crippen molar-refractivity contribution in [1.82, 2.24) is 10.1 Å². The number of pyridine rings is 1. The van der Waals surface area contributed by atoms with Crippen LogP contribution in [0, 0.1) is 6.92 Å². The van der Waals surface area contributed by atoms with E-state index in [0.29, 0.717) is 6.54 Å². The Morgan fingerprint density at radius 2 is 2.16 bits per heavy atom. The fourth-order valence-corrected chi connectivity index (χ4v) is 2.05. The highest BCUT2D eigenvalue weighted by Gasteiger charge is 2.05. The van der Waals surface area contributed by atoms with Crippen molar-refractivity contribution in [3.05, 3.63) is 48.1 Å². The van der Waals surface area contributed by atoms with Crippen molar-refractivity contribution in [3.8, 4) is 0 Å². The molecule has 0 atom stereocenters. The lowest BCUT2D eigenvalue weighted by atomic mass is 10.1. The summed E-state index contributed by atoms with van der Waals surface area (Å²) in [6, 6.07) is 7.69. The maximum atomic E-state index is 5.94. The maximum absolute atomic E-state index is 5.94. The van der Waals surface area contributed by atoms with Gasteiger partial charge in [-0.3, -0.25) is 4.98 Å². The molecule has 3 aromatic rings. The summed E-state index contributed by atoms with van der Waals surface area (Å²) < 4.78 is 5.17. The van der Waals surface area contributed by atoms with Crippen LogP contribution in [0.2, 0.25) is 0 Å². The third-order valence-electron chi connectivity index (χ3n) is 2.98. The Labute approximate surface area is 110 Å². The van der Waals surface area contributed by atoms with Gasteiger partial charge in [0.15, 0.2) is 5.76 Å². The normalized spacial score (nSPS) is 10.8. The zero-order chi connectivity index (χ0) is 13.2. The third-order valence-corrected chi connectivity index (χ3v) is 2.98. The molecule has 0 aliphatic rings. The quantitative estimate of drug-likeness (QED) is 0.703. The molecule has 5 heteroatoms. The monoisotopic (exact) mass is 254 g/mol. The molecule has 0 spiro atoms. The number of nitrogen functional groups attached to an aromatic ring is 1. The van der Waals surface area contributed by atoms with Gasteiger partial charge in [0, 0.05) is 40.6 Å². The van der Waals surface area contributed by atoms with Gasteiger partial charge in [-0.1, -0.05) is 5.16 Å². The van der Waals surface area contributed by atoms with Gasteiger partial charge in [0.25, 0.3) is 0 Å². The largest absolute Gasteiger partial charge is 0.398 e. The molecule has 0 unspecified atom stereocenters. The first-order chi connectivity index (χ1) is 9.24. The summed E-state index contributed by atoms with van der Waals surface area (Å²) in [6.07, 6.45) is 3.53. The van der Waals surface area contributed by atoms with Crippen LogP contribution in [0.25, 0.3) is 10.8 Å². The summed E-state index contributed by atoms with van der Waals surface area (Å²) in [6.45, 7) is 2.49. The zero-order valence-electron chi connectivity index (χ0n) is 10.6. The van der Waals surface area contributed by atoms with E-state index in [0.717, 1.165) is 33.6 Å². The molecule has 3 rings (SSSR count). The molecule has 19 heavy (non-hydrogen) atoms. The van der Waals surface area contributed by atoms with Crippen LogP contribution in [0.4, 0.5) is 11.4 Å². The Kier molecular flexibility index (Phi) is 2.79. The molecule has 96 valence electrons. The maximum Gasteiger partial charge on any atom is 0.156 e. The number of benzene rings is 1. The Morgan fingerprint density at radius 1 is 1.26 bits per heavy atom. The molecule has 0 radical (unpaired) electrons. The topological polar surface area (TPSA) is 77.0 Å².